The lowest BCUT2D eigenvalue weighted by Gasteiger charge is -2.12. The third-order valence-corrected chi connectivity index (χ3v) is 6.17. The van der Waals surface area contributed by atoms with Crippen LogP contribution in [0.25, 0.3) is 16.7 Å². The van der Waals surface area contributed by atoms with Crippen LogP contribution in [0.2, 0.25) is 0 Å². The second kappa shape index (κ2) is 10.4. The van der Waals surface area contributed by atoms with E-state index in [0.29, 0.717) is 16.6 Å². The molecule has 0 aliphatic carbocycles. The Balaban J connectivity index is 1.40. The molecule has 4 rings (SSSR count). The normalized spacial score (nSPS) is 10.8. The number of thioether (sulfide) groups is 1. The summed E-state index contributed by atoms with van der Waals surface area (Å²) in [7, 11) is 1.54. The first kappa shape index (κ1) is 23.4. The van der Waals surface area contributed by atoms with Gasteiger partial charge in [-0.25, -0.2) is 4.98 Å². The number of nitrogens with one attached hydrogen (secondary N) is 2. The first-order valence-electron chi connectivity index (χ1n) is 10.8. The summed E-state index contributed by atoms with van der Waals surface area (Å²) >= 11 is 1.33. The lowest BCUT2D eigenvalue weighted by atomic mass is 10.2. The number of aromatic nitrogens is 2. The van der Waals surface area contributed by atoms with Crippen LogP contribution in [-0.4, -0.2) is 40.8 Å². The number of para-hydroxylation sites is 2. The van der Waals surface area contributed by atoms with Crippen LogP contribution in [0.3, 0.4) is 0 Å². The molecule has 0 aliphatic heterocycles. The standard InChI is InChI=1S/C26H26N4O3S/c1-17-8-11-19(12-9-17)30-22-7-5-4-6-20(22)29-26(30)34-16-25(32)27-15-24(31)28-21-14-18(2)10-13-23(21)33-3/h4-14H,15-16H2,1-3H3,(H,27,32)(H,28,31). The minimum atomic E-state index is -0.325. The Morgan fingerprint density at radius 2 is 1.71 bits per heavy atom. The molecule has 0 unspecified atom stereocenters. The number of aryl methyl sites for hydroxylation is 2. The predicted octanol–water partition coefficient (Wildman–Crippen LogP) is 4.50. The van der Waals surface area contributed by atoms with Crippen LogP contribution in [0, 0.1) is 13.8 Å². The van der Waals surface area contributed by atoms with Gasteiger partial charge >= 0.3 is 0 Å². The zero-order valence-corrected chi connectivity index (χ0v) is 20.1. The highest BCUT2D eigenvalue weighted by Crippen LogP contribution is 2.28. The van der Waals surface area contributed by atoms with Gasteiger partial charge in [0.15, 0.2) is 5.16 Å². The fourth-order valence-electron chi connectivity index (χ4n) is 3.52. The van der Waals surface area contributed by atoms with E-state index in [9.17, 15) is 9.59 Å². The van der Waals surface area contributed by atoms with Crippen molar-refractivity contribution in [2.45, 2.75) is 19.0 Å². The van der Waals surface area contributed by atoms with Gasteiger partial charge in [-0.3, -0.25) is 14.2 Å². The minimum Gasteiger partial charge on any atom is -0.495 e. The molecule has 34 heavy (non-hydrogen) atoms. The number of methoxy groups -OCH3 is 1. The Morgan fingerprint density at radius 3 is 2.47 bits per heavy atom. The molecular weight excluding hydrogens is 448 g/mol. The lowest BCUT2D eigenvalue weighted by molar-refractivity contribution is -0.122. The quantitative estimate of drug-likeness (QED) is 0.367. The third-order valence-electron chi connectivity index (χ3n) is 5.23. The molecule has 0 atom stereocenters. The van der Waals surface area contributed by atoms with Crippen LogP contribution in [0.15, 0.2) is 71.9 Å². The number of carbonyl (C=O) groups is 2. The molecule has 0 saturated carbocycles. The van der Waals surface area contributed by atoms with E-state index in [1.165, 1.54) is 17.3 Å². The molecule has 3 aromatic carbocycles. The number of fused-ring (bicyclic) bond motifs is 1. The van der Waals surface area contributed by atoms with Crippen LogP contribution < -0.4 is 15.4 Å². The first-order chi connectivity index (χ1) is 16.4. The van der Waals surface area contributed by atoms with Gasteiger partial charge in [-0.2, -0.15) is 0 Å². The molecule has 174 valence electrons. The minimum absolute atomic E-state index is 0.134. The number of carbonyl (C=O) groups excluding carboxylic acids is 2. The number of amides is 2. The van der Waals surface area contributed by atoms with E-state index in [4.69, 9.17) is 9.72 Å². The van der Waals surface area contributed by atoms with Crippen molar-refractivity contribution in [2.24, 2.45) is 0 Å². The molecule has 0 bridgehead atoms. The smallest absolute Gasteiger partial charge is 0.243 e. The number of hydrogen-bond donors (Lipinski definition) is 2. The third kappa shape index (κ3) is 5.40. The highest BCUT2D eigenvalue weighted by Gasteiger charge is 2.15. The van der Waals surface area contributed by atoms with Gasteiger partial charge in [0.25, 0.3) is 0 Å². The van der Waals surface area contributed by atoms with Crippen molar-refractivity contribution >= 4 is 40.3 Å². The van der Waals surface area contributed by atoms with Crippen LogP contribution in [0.5, 0.6) is 5.75 Å². The summed E-state index contributed by atoms with van der Waals surface area (Å²) < 4.78 is 7.32. The summed E-state index contributed by atoms with van der Waals surface area (Å²) in [6, 6.07) is 21.6. The zero-order valence-electron chi connectivity index (χ0n) is 19.3. The van der Waals surface area contributed by atoms with Gasteiger partial charge in [0.05, 0.1) is 36.1 Å². The van der Waals surface area contributed by atoms with Gasteiger partial charge in [-0.15, -0.1) is 0 Å². The van der Waals surface area contributed by atoms with Crippen molar-refractivity contribution in [3.05, 3.63) is 77.9 Å². The molecule has 0 fully saturated rings. The first-order valence-corrected chi connectivity index (χ1v) is 11.8. The second-order valence-corrected chi connectivity index (χ2v) is 8.81. The van der Waals surface area contributed by atoms with Gasteiger partial charge in [0.1, 0.15) is 5.75 Å². The number of ether oxygens (including phenoxy) is 1. The molecule has 4 aromatic rings. The van der Waals surface area contributed by atoms with Crippen molar-refractivity contribution in [3.63, 3.8) is 0 Å². The lowest BCUT2D eigenvalue weighted by Crippen LogP contribution is -2.34. The van der Waals surface area contributed by atoms with Gasteiger partial charge in [0, 0.05) is 5.69 Å². The van der Waals surface area contributed by atoms with E-state index in [2.05, 4.69) is 10.6 Å². The molecule has 1 heterocycles. The number of benzene rings is 3. The molecule has 0 radical (unpaired) electrons. The Bertz CT molecular complexity index is 1330. The Labute approximate surface area is 202 Å². The molecule has 8 heteroatoms. The average molecular weight is 475 g/mol. The predicted molar refractivity (Wildman–Crippen MR) is 136 cm³/mol. The molecule has 0 spiro atoms. The molecule has 0 saturated heterocycles. The number of hydrogen-bond acceptors (Lipinski definition) is 5. The SMILES string of the molecule is COc1ccc(C)cc1NC(=O)CNC(=O)CSc1nc2ccccc2n1-c1ccc(C)cc1. The van der Waals surface area contributed by atoms with Gasteiger partial charge in [0.2, 0.25) is 11.8 Å². The summed E-state index contributed by atoms with van der Waals surface area (Å²) in [5.41, 5.74) is 5.55. The summed E-state index contributed by atoms with van der Waals surface area (Å²) in [5.74, 6) is 0.125. The zero-order chi connectivity index (χ0) is 24.1. The van der Waals surface area contributed by atoms with Gasteiger partial charge < -0.3 is 15.4 Å². The topological polar surface area (TPSA) is 85.2 Å². The molecule has 1 aromatic heterocycles. The van der Waals surface area contributed by atoms with E-state index in [0.717, 1.165) is 22.3 Å². The fraction of sp³-hybridized carbons (Fsp3) is 0.192. The van der Waals surface area contributed by atoms with Crippen molar-refractivity contribution in [3.8, 4) is 11.4 Å². The van der Waals surface area contributed by atoms with E-state index in [1.54, 1.807) is 13.2 Å². The largest absolute Gasteiger partial charge is 0.495 e. The average Bonchev–Trinajstić information content (AvgIpc) is 3.20. The van der Waals surface area contributed by atoms with Gasteiger partial charge in [-0.05, 0) is 55.8 Å². The highest BCUT2D eigenvalue weighted by molar-refractivity contribution is 7.99. The van der Waals surface area contributed by atoms with E-state index < -0.39 is 0 Å². The van der Waals surface area contributed by atoms with Crippen molar-refractivity contribution in [2.75, 3.05) is 24.7 Å². The van der Waals surface area contributed by atoms with Crippen molar-refractivity contribution < 1.29 is 14.3 Å². The van der Waals surface area contributed by atoms with Gasteiger partial charge in [-0.1, -0.05) is 47.7 Å². The Hall–Kier alpha value is -3.78. The molecule has 0 aliphatic rings. The monoisotopic (exact) mass is 474 g/mol. The second-order valence-electron chi connectivity index (χ2n) is 7.87. The maximum atomic E-state index is 12.5. The summed E-state index contributed by atoms with van der Waals surface area (Å²) in [5, 5.41) is 6.18. The highest BCUT2D eigenvalue weighted by atomic mass is 32.2. The number of rotatable bonds is 8. The molecular formula is C26H26N4O3S. The van der Waals surface area contributed by atoms with Crippen molar-refractivity contribution in [1.82, 2.24) is 14.9 Å². The molecule has 2 N–H and O–H groups in total. The van der Waals surface area contributed by atoms with Crippen molar-refractivity contribution in [1.29, 1.82) is 0 Å². The summed E-state index contributed by atoms with van der Waals surface area (Å²) in [6.07, 6.45) is 0. The summed E-state index contributed by atoms with van der Waals surface area (Å²) in [6.45, 7) is 3.84. The number of nitrogens with zero attached hydrogens (tertiary/aromatic N) is 2. The Kier molecular flexibility index (Phi) is 7.18. The number of imidazole rings is 1. The fourth-order valence-corrected chi connectivity index (χ4v) is 4.38. The van der Waals surface area contributed by atoms with E-state index >= 15 is 0 Å². The van der Waals surface area contributed by atoms with E-state index in [1.807, 2.05) is 79.1 Å². The van der Waals surface area contributed by atoms with Crippen LogP contribution in [0.4, 0.5) is 5.69 Å². The van der Waals surface area contributed by atoms with E-state index in [-0.39, 0.29) is 24.1 Å². The number of anilines is 1. The molecule has 2 amide bonds. The molecule has 7 nitrogen and oxygen atoms in total. The van der Waals surface area contributed by atoms with Crippen LogP contribution in [0.1, 0.15) is 11.1 Å². The Morgan fingerprint density at radius 1 is 0.971 bits per heavy atom. The maximum Gasteiger partial charge on any atom is 0.243 e. The maximum absolute atomic E-state index is 12.5. The van der Waals surface area contributed by atoms with Crippen LogP contribution >= 0.6 is 11.8 Å². The van der Waals surface area contributed by atoms with Crippen LogP contribution in [-0.2, 0) is 9.59 Å². The summed E-state index contributed by atoms with van der Waals surface area (Å²) in [4.78, 5) is 29.5.